The molecule has 94 valence electrons. The minimum absolute atomic E-state index is 0.0183. The lowest BCUT2D eigenvalue weighted by atomic mass is 10.2. The van der Waals surface area contributed by atoms with Gasteiger partial charge in [0.25, 0.3) is 0 Å². The van der Waals surface area contributed by atoms with Crippen LogP contribution in [-0.2, 0) is 9.53 Å². The number of aliphatic hydroxyl groups is 1. The molecule has 6 heteroatoms. The van der Waals surface area contributed by atoms with Gasteiger partial charge in [0.2, 0.25) is 5.91 Å². The molecule has 1 unspecified atom stereocenters. The fourth-order valence-corrected chi connectivity index (χ4v) is 1.70. The van der Waals surface area contributed by atoms with Crippen molar-refractivity contribution in [3.63, 3.8) is 0 Å². The van der Waals surface area contributed by atoms with Gasteiger partial charge in [-0.2, -0.15) is 0 Å². The largest absolute Gasteiger partial charge is 0.395 e. The molecule has 0 aromatic rings. The summed E-state index contributed by atoms with van der Waals surface area (Å²) in [5.74, 6) is 0.0262. The van der Waals surface area contributed by atoms with Crippen LogP contribution in [0.3, 0.4) is 0 Å². The molecule has 6 nitrogen and oxygen atoms in total. The van der Waals surface area contributed by atoms with Gasteiger partial charge in [-0.1, -0.05) is 0 Å². The number of nitrogens with zero attached hydrogens (tertiary/aromatic N) is 1. The number of rotatable bonds is 6. The zero-order valence-corrected chi connectivity index (χ0v) is 9.74. The van der Waals surface area contributed by atoms with E-state index < -0.39 is 0 Å². The van der Waals surface area contributed by atoms with E-state index in [0.29, 0.717) is 26.2 Å². The summed E-state index contributed by atoms with van der Waals surface area (Å²) in [6, 6.07) is -0.183. The maximum atomic E-state index is 12.1. The second-order valence-electron chi connectivity index (χ2n) is 3.75. The number of aliphatic hydroxyl groups excluding tert-OH is 1. The average Bonchev–Trinajstić information content (AvgIpc) is 2.35. The molecule has 0 spiro atoms. The van der Waals surface area contributed by atoms with Gasteiger partial charge in [0.05, 0.1) is 19.3 Å². The number of piperazine rings is 1. The highest BCUT2D eigenvalue weighted by molar-refractivity contribution is 5.82. The highest BCUT2D eigenvalue weighted by Crippen LogP contribution is 1.97. The van der Waals surface area contributed by atoms with Crippen molar-refractivity contribution in [2.75, 3.05) is 53.0 Å². The molecule has 0 aromatic carbocycles. The Morgan fingerprint density at radius 3 is 2.88 bits per heavy atom. The Bertz CT molecular complexity index is 207. The molecule has 1 aliphatic rings. The normalized spacial score (nSPS) is 20.8. The predicted molar refractivity (Wildman–Crippen MR) is 60.2 cm³/mol. The number of methoxy groups -OCH3 is 1. The highest BCUT2D eigenvalue weighted by Gasteiger charge is 2.24. The number of carbonyl (C=O) groups excluding carboxylic acids is 1. The molecule has 1 aliphatic heterocycles. The number of amides is 1. The van der Waals surface area contributed by atoms with Crippen molar-refractivity contribution >= 4 is 5.91 Å². The molecular weight excluding hydrogens is 210 g/mol. The van der Waals surface area contributed by atoms with Crippen molar-refractivity contribution in [3.05, 3.63) is 0 Å². The first-order chi connectivity index (χ1) is 7.79. The molecule has 1 rings (SSSR count). The van der Waals surface area contributed by atoms with Crippen LogP contribution in [0.15, 0.2) is 0 Å². The van der Waals surface area contributed by atoms with E-state index >= 15 is 0 Å². The van der Waals surface area contributed by atoms with Crippen LogP contribution in [0.25, 0.3) is 0 Å². The molecule has 0 aliphatic carbocycles. The molecule has 0 radical (unpaired) electrons. The van der Waals surface area contributed by atoms with E-state index in [1.807, 2.05) is 0 Å². The van der Waals surface area contributed by atoms with E-state index in [1.165, 1.54) is 0 Å². The molecule has 1 fully saturated rings. The van der Waals surface area contributed by atoms with Crippen LogP contribution in [0.1, 0.15) is 0 Å². The molecule has 3 N–H and O–H groups in total. The van der Waals surface area contributed by atoms with Crippen LogP contribution in [0, 0.1) is 0 Å². The van der Waals surface area contributed by atoms with Crippen LogP contribution in [0.4, 0.5) is 0 Å². The molecule has 0 bridgehead atoms. The Kier molecular flexibility index (Phi) is 6.32. The van der Waals surface area contributed by atoms with E-state index in [4.69, 9.17) is 9.84 Å². The van der Waals surface area contributed by atoms with E-state index in [9.17, 15) is 4.79 Å². The summed E-state index contributed by atoms with van der Waals surface area (Å²) >= 11 is 0. The minimum Gasteiger partial charge on any atom is -0.395 e. The maximum absolute atomic E-state index is 12.1. The summed E-state index contributed by atoms with van der Waals surface area (Å²) in [5.41, 5.74) is 0. The first-order valence-corrected chi connectivity index (χ1v) is 5.62. The third kappa shape index (κ3) is 4.05. The van der Waals surface area contributed by atoms with Crippen molar-refractivity contribution in [1.82, 2.24) is 15.5 Å². The van der Waals surface area contributed by atoms with E-state index in [0.717, 1.165) is 13.1 Å². The van der Waals surface area contributed by atoms with Gasteiger partial charge in [-0.15, -0.1) is 0 Å². The van der Waals surface area contributed by atoms with Gasteiger partial charge >= 0.3 is 0 Å². The van der Waals surface area contributed by atoms with Crippen LogP contribution < -0.4 is 10.6 Å². The number of ether oxygens (including phenoxy) is 1. The Balaban J connectivity index is 2.44. The Labute approximate surface area is 95.9 Å². The molecule has 1 atom stereocenters. The number of nitrogens with one attached hydrogen (secondary N) is 2. The Hall–Kier alpha value is -0.690. The zero-order valence-electron chi connectivity index (χ0n) is 9.74. The fourth-order valence-electron chi connectivity index (χ4n) is 1.70. The van der Waals surface area contributed by atoms with Crippen LogP contribution in [0.2, 0.25) is 0 Å². The summed E-state index contributed by atoms with van der Waals surface area (Å²) in [5, 5.41) is 15.2. The monoisotopic (exact) mass is 231 g/mol. The molecule has 1 amide bonds. The van der Waals surface area contributed by atoms with E-state index in [2.05, 4.69) is 10.6 Å². The van der Waals surface area contributed by atoms with Crippen molar-refractivity contribution in [3.8, 4) is 0 Å². The van der Waals surface area contributed by atoms with Gasteiger partial charge in [0, 0.05) is 39.8 Å². The lowest BCUT2D eigenvalue weighted by Crippen LogP contribution is -2.57. The lowest BCUT2D eigenvalue weighted by molar-refractivity contribution is -0.134. The van der Waals surface area contributed by atoms with Gasteiger partial charge < -0.3 is 25.4 Å². The second-order valence-corrected chi connectivity index (χ2v) is 3.75. The summed E-state index contributed by atoms with van der Waals surface area (Å²) in [6.07, 6.45) is 0. The SMILES string of the molecule is COCCN(CCO)C(=O)C1CNCCN1. The molecule has 1 saturated heterocycles. The lowest BCUT2D eigenvalue weighted by Gasteiger charge is -2.30. The maximum Gasteiger partial charge on any atom is 0.241 e. The number of hydrogen-bond donors (Lipinski definition) is 3. The van der Waals surface area contributed by atoms with Crippen LogP contribution >= 0.6 is 0 Å². The van der Waals surface area contributed by atoms with Crippen molar-refractivity contribution < 1.29 is 14.6 Å². The molecule has 0 saturated carbocycles. The number of hydrogen-bond acceptors (Lipinski definition) is 5. The van der Waals surface area contributed by atoms with Gasteiger partial charge in [-0.25, -0.2) is 0 Å². The Morgan fingerprint density at radius 2 is 2.31 bits per heavy atom. The standard InChI is InChI=1S/C10H21N3O3/c1-16-7-5-13(4-6-14)10(15)9-8-11-2-3-12-9/h9,11-12,14H,2-8H2,1H3. The average molecular weight is 231 g/mol. The molecule has 1 heterocycles. The minimum atomic E-state index is -0.183. The van der Waals surface area contributed by atoms with Crippen LogP contribution in [-0.4, -0.2) is 75.0 Å². The van der Waals surface area contributed by atoms with Crippen LogP contribution in [0.5, 0.6) is 0 Å². The smallest absolute Gasteiger partial charge is 0.241 e. The molecule has 16 heavy (non-hydrogen) atoms. The van der Waals surface area contributed by atoms with E-state index in [-0.39, 0.29) is 18.6 Å². The van der Waals surface area contributed by atoms with Crippen molar-refractivity contribution in [1.29, 1.82) is 0 Å². The summed E-state index contributed by atoms with van der Waals surface area (Å²) in [6.45, 7) is 3.69. The number of carbonyl (C=O) groups is 1. The fraction of sp³-hybridized carbons (Fsp3) is 0.900. The predicted octanol–water partition coefficient (Wildman–Crippen LogP) is -1.98. The second kappa shape index (κ2) is 7.56. The molecular formula is C10H21N3O3. The first kappa shape index (κ1) is 13.4. The highest BCUT2D eigenvalue weighted by atomic mass is 16.5. The summed E-state index contributed by atoms with van der Waals surface area (Å²) in [4.78, 5) is 13.7. The topological polar surface area (TPSA) is 73.8 Å². The van der Waals surface area contributed by atoms with Gasteiger partial charge in [0.1, 0.15) is 0 Å². The first-order valence-electron chi connectivity index (χ1n) is 5.62. The third-order valence-electron chi connectivity index (χ3n) is 2.59. The van der Waals surface area contributed by atoms with Gasteiger partial charge in [0.15, 0.2) is 0 Å². The van der Waals surface area contributed by atoms with Gasteiger partial charge in [-0.05, 0) is 0 Å². The third-order valence-corrected chi connectivity index (χ3v) is 2.59. The van der Waals surface area contributed by atoms with Gasteiger partial charge in [-0.3, -0.25) is 4.79 Å². The Morgan fingerprint density at radius 1 is 1.50 bits per heavy atom. The zero-order chi connectivity index (χ0) is 11.8. The van der Waals surface area contributed by atoms with E-state index in [1.54, 1.807) is 12.0 Å². The quantitative estimate of drug-likeness (QED) is 0.494. The summed E-state index contributed by atoms with van der Waals surface area (Å²) in [7, 11) is 1.60. The summed E-state index contributed by atoms with van der Waals surface area (Å²) < 4.78 is 4.94. The van der Waals surface area contributed by atoms with Crippen molar-refractivity contribution in [2.45, 2.75) is 6.04 Å². The van der Waals surface area contributed by atoms with Crippen molar-refractivity contribution in [2.24, 2.45) is 0 Å². The molecule has 0 aromatic heterocycles.